The largest absolute Gasteiger partial charge is 0.357 e. The van der Waals surface area contributed by atoms with E-state index in [1.54, 1.807) is 0 Å². The number of aryl methyl sites for hydroxylation is 1. The van der Waals surface area contributed by atoms with Crippen molar-refractivity contribution in [1.29, 1.82) is 0 Å². The Kier molecular flexibility index (Phi) is 2.99. The molecule has 2 rings (SSSR count). The van der Waals surface area contributed by atoms with Crippen LogP contribution >= 0.6 is 0 Å². The number of nitrogens with zero attached hydrogens (tertiary/aromatic N) is 2. The second-order valence-corrected chi connectivity index (χ2v) is 4.10. The van der Waals surface area contributed by atoms with Crippen molar-refractivity contribution in [3.05, 3.63) is 23.9 Å². The van der Waals surface area contributed by atoms with Crippen molar-refractivity contribution in [3.8, 4) is 0 Å². The molecule has 0 bridgehead atoms. The lowest BCUT2D eigenvalue weighted by molar-refractivity contribution is -0.111. The zero-order valence-electron chi connectivity index (χ0n) is 9.02. The van der Waals surface area contributed by atoms with E-state index in [4.69, 9.17) is 0 Å². The number of pyridine rings is 1. The highest BCUT2D eigenvalue weighted by Crippen LogP contribution is 2.20. The Hall–Kier alpha value is -1.38. The first-order chi connectivity index (χ1) is 7.29. The standard InChI is InChI=1S/C12H16N2O/c1-10-3-2-4-12(13-10)14-7-5-11(9-15)6-8-14/h2-4,9,11H,5-8H2,1H3. The third-order valence-corrected chi connectivity index (χ3v) is 2.93. The SMILES string of the molecule is Cc1cccc(N2CCC(C=O)CC2)n1. The zero-order chi connectivity index (χ0) is 10.7. The van der Waals surface area contributed by atoms with Crippen LogP contribution in [0.1, 0.15) is 18.5 Å². The predicted octanol–water partition coefficient (Wildman–Crippen LogP) is 1.81. The van der Waals surface area contributed by atoms with Crippen LogP contribution in [0.3, 0.4) is 0 Å². The number of carbonyl (C=O) groups excluding carboxylic acids is 1. The van der Waals surface area contributed by atoms with E-state index < -0.39 is 0 Å². The number of piperidine rings is 1. The van der Waals surface area contributed by atoms with Gasteiger partial charge in [0.1, 0.15) is 12.1 Å². The van der Waals surface area contributed by atoms with Gasteiger partial charge in [0, 0.05) is 24.7 Å². The summed E-state index contributed by atoms with van der Waals surface area (Å²) in [7, 11) is 0. The van der Waals surface area contributed by atoms with Gasteiger partial charge in [-0.05, 0) is 31.9 Å². The summed E-state index contributed by atoms with van der Waals surface area (Å²) in [6.45, 7) is 3.89. The van der Waals surface area contributed by atoms with Crippen molar-refractivity contribution in [2.45, 2.75) is 19.8 Å². The number of anilines is 1. The normalized spacial score (nSPS) is 17.8. The molecule has 0 amide bonds. The van der Waals surface area contributed by atoms with E-state index in [1.807, 2.05) is 25.1 Å². The molecule has 3 heteroatoms. The minimum atomic E-state index is 0.256. The zero-order valence-corrected chi connectivity index (χ0v) is 9.02. The van der Waals surface area contributed by atoms with E-state index in [-0.39, 0.29) is 5.92 Å². The summed E-state index contributed by atoms with van der Waals surface area (Å²) in [5, 5.41) is 0. The maximum absolute atomic E-state index is 10.6. The van der Waals surface area contributed by atoms with Gasteiger partial charge in [-0.2, -0.15) is 0 Å². The maximum atomic E-state index is 10.6. The molecule has 15 heavy (non-hydrogen) atoms. The van der Waals surface area contributed by atoms with Gasteiger partial charge in [0.15, 0.2) is 0 Å². The first-order valence-corrected chi connectivity index (χ1v) is 5.43. The van der Waals surface area contributed by atoms with E-state index in [1.165, 1.54) is 0 Å². The number of hydrogen-bond donors (Lipinski definition) is 0. The summed E-state index contributed by atoms with van der Waals surface area (Å²) in [4.78, 5) is 17.4. The van der Waals surface area contributed by atoms with Gasteiger partial charge in [-0.25, -0.2) is 4.98 Å². The average Bonchev–Trinajstić information content (AvgIpc) is 2.29. The average molecular weight is 204 g/mol. The highest BCUT2D eigenvalue weighted by Gasteiger charge is 2.19. The minimum absolute atomic E-state index is 0.256. The van der Waals surface area contributed by atoms with E-state index in [0.29, 0.717) is 0 Å². The van der Waals surface area contributed by atoms with E-state index in [2.05, 4.69) is 9.88 Å². The lowest BCUT2D eigenvalue weighted by Crippen LogP contribution is -2.34. The maximum Gasteiger partial charge on any atom is 0.128 e. The molecule has 80 valence electrons. The van der Waals surface area contributed by atoms with Crippen molar-refractivity contribution < 1.29 is 4.79 Å². The van der Waals surface area contributed by atoms with Crippen LogP contribution in [0.25, 0.3) is 0 Å². The molecule has 1 aromatic rings. The quantitative estimate of drug-likeness (QED) is 0.689. The molecule has 0 aromatic carbocycles. The van der Waals surface area contributed by atoms with Crippen LogP contribution in [0, 0.1) is 12.8 Å². The lowest BCUT2D eigenvalue weighted by atomic mass is 9.99. The van der Waals surface area contributed by atoms with Gasteiger partial charge in [-0.15, -0.1) is 0 Å². The van der Waals surface area contributed by atoms with Crippen LogP contribution in [0.2, 0.25) is 0 Å². The first-order valence-electron chi connectivity index (χ1n) is 5.43. The summed E-state index contributed by atoms with van der Waals surface area (Å²) < 4.78 is 0. The van der Waals surface area contributed by atoms with Crippen LogP contribution in [-0.4, -0.2) is 24.4 Å². The third-order valence-electron chi connectivity index (χ3n) is 2.93. The smallest absolute Gasteiger partial charge is 0.128 e. The van der Waals surface area contributed by atoms with Crippen LogP contribution in [0.15, 0.2) is 18.2 Å². The van der Waals surface area contributed by atoms with Gasteiger partial charge in [-0.1, -0.05) is 6.07 Å². The molecule has 1 saturated heterocycles. The molecule has 3 nitrogen and oxygen atoms in total. The van der Waals surface area contributed by atoms with Gasteiger partial charge in [-0.3, -0.25) is 0 Å². The highest BCUT2D eigenvalue weighted by molar-refractivity contribution is 5.54. The monoisotopic (exact) mass is 204 g/mol. The third kappa shape index (κ3) is 2.35. The van der Waals surface area contributed by atoms with Crippen LogP contribution in [-0.2, 0) is 4.79 Å². The Morgan fingerprint density at radius 2 is 2.13 bits per heavy atom. The van der Waals surface area contributed by atoms with Gasteiger partial charge in [0.2, 0.25) is 0 Å². The van der Waals surface area contributed by atoms with E-state index in [9.17, 15) is 4.79 Å². The fourth-order valence-electron chi connectivity index (χ4n) is 1.97. The van der Waals surface area contributed by atoms with Crippen LogP contribution in [0.4, 0.5) is 5.82 Å². The Morgan fingerprint density at radius 1 is 1.40 bits per heavy atom. The Bertz CT molecular complexity index is 343. The van der Waals surface area contributed by atoms with Crippen molar-refractivity contribution in [2.75, 3.05) is 18.0 Å². The fourth-order valence-corrected chi connectivity index (χ4v) is 1.97. The summed E-state index contributed by atoms with van der Waals surface area (Å²) >= 11 is 0. The predicted molar refractivity (Wildman–Crippen MR) is 60.0 cm³/mol. The highest BCUT2D eigenvalue weighted by atomic mass is 16.1. The lowest BCUT2D eigenvalue weighted by Gasteiger charge is -2.30. The summed E-state index contributed by atoms with van der Waals surface area (Å²) in [6, 6.07) is 6.07. The van der Waals surface area contributed by atoms with Crippen molar-refractivity contribution in [1.82, 2.24) is 4.98 Å². The molecule has 0 aliphatic carbocycles. The van der Waals surface area contributed by atoms with E-state index in [0.717, 1.165) is 43.7 Å². The molecule has 2 heterocycles. The van der Waals surface area contributed by atoms with E-state index >= 15 is 0 Å². The summed E-state index contributed by atoms with van der Waals surface area (Å²) in [5.74, 6) is 1.30. The molecule has 0 atom stereocenters. The Labute approximate surface area is 90.1 Å². The molecule has 1 aromatic heterocycles. The number of aldehydes is 1. The van der Waals surface area contributed by atoms with Gasteiger partial charge in [0.25, 0.3) is 0 Å². The molecular weight excluding hydrogens is 188 g/mol. The number of rotatable bonds is 2. The Morgan fingerprint density at radius 3 is 2.73 bits per heavy atom. The number of aromatic nitrogens is 1. The molecule has 0 saturated carbocycles. The van der Waals surface area contributed by atoms with Crippen molar-refractivity contribution in [3.63, 3.8) is 0 Å². The molecule has 1 aliphatic rings. The fraction of sp³-hybridized carbons (Fsp3) is 0.500. The van der Waals surface area contributed by atoms with Crippen molar-refractivity contribution >= 4 is 12.1 Å². The molecule has 1 aliphatic heterocycles. The second-order valence-electron chi connectivity index (χ2n) is 4.10. The summed E-state index contributed by atoms with van der Waals surface area (Å²) in [6.07, 6.45) is 3.00. The number of hydrogen-bond acceptors (Lipinski definition) is 3. The topological polar surface area (TPSA) is 33.2 Å². The molecule has 1 fully saturated rings. The molecule has 0 unspecified atom stereocenters. The number of carbonyl (C=O) groups is 1. The van der Waals surface area contributed by atoms with Gasteiger partial charge in [0.05, 0.1) is 0 Å². The second kappa shape index (κ2) is 4.43. The van der Waals surface area contributed by atoms with Gasteiger partial charge < -0.3 is 9.69 Å². The van der Waals surface area contributed by atoms with Crippen molar-refractivity contribution in [2.24, 2.45) is 5.92 Å². The molecule has 0 N–H and O–H groups in total. The molecule has 0 radical (unpaired) electrons. The molecule has 0 spiro atoms. The first kappa shape index (κ1) is 10.1. The molecular formula is C12H16N2O. The van der Waals surface area contributed by atoms with Gasteiger partial charge >= 0.3 is 0 Å². The summed E-state index contributed by atoms with van der Waals surface area (Å²) in [5.41, 5.74) is 1.05. The van der Waals surface area contributed by atoms with Crippen LogP contribution < -0.4 is 4.90 Å². The minimum Gasteiger partial charge on any atom is -0.357 e. The Balaban J connectivity index is 2.04. The van der Waals surface area contributed by atoms with Crippen LogP contribution in [0.5, 0.6) is 0 Å².